The number of carbonyl (C=O) groups excluding carboxylic acids is 1. The molecule has 1 atom stereocenters. The van der Waals surface area contributed by atoms with Gasteiger partial charge in [0.1, 0.15) is 0 Å². The van der Waals surface area contributed by atoms with Crippen LogP contribution in [0.2, 0.25) is 0 Å². The Labute approximate surface area is 106 Å². The molecule has 0 heterocycles. The number of nitrogens with one attached hydrogen (secondary N) is 1. The monoisotopic (exact) mass is 250 g/mol. The van der Waals surface area contributed by atoms with Crippen LogP contribution in [-0.2, 0) is 0 Å². The first kappa shape index (κ1) is 14.2. The van der Waals surface area contributed by atoms with Crippen LogP contribution in [0.1, 0.15) is 37.6 Å². The van der Waals surface area contributed by atoms with Crippen molar-refractivity contribution in [1.29, 1.82) is 0 Å². The predicted molar refractivity (Wildman–Crippen MR) is 69.5 cm³/mol. The highest BCUT2D eigenvalue weighted by Crippen LogP contribution is 2.13. The van der Waals surface area contributed by atoms with Crippen molar-refractivity contribution in [2.75, 3.05) is 0 Å². The summed E-state index contributed by atoms with van der Waals surface area (Å²) in [7, 11) is 0. The van der Waals surface area contributed by atoms with Crippen LogP contribution in [0.15, 0.2) is 24.3 Å². The van der Waals surface area contributed by atoms with E-state index in [1.807, 2.05) is 6.92 Å². The Kier molecular flexibility index (Phi) is 4.83. The Hall–Kier alpha value is -1.91. The van der Waals surface area contributed by atoms with E-state index in [4.69, 9.17) is 0 Å². The normalized spacial score (nSPS) is 12.2. The van der Waals surface area contributed by atoms with E-state index in [1.165, 1.54) is 18.2 Å². The SMILES string of the molecule is CC(C)C[C@H](C)NC(=O)c1cccc([N+](=O)[O-])c1. The quantitative estimate of drug-likeness (QED) is 0.645. The van der Waals surface area contributed by atoms with Crippen LogP contribution in [-0.4, -0.2) is 16.9 Å². The van der Waals surface area contributed by atoms with Crippen molar-refractivity contribution in [2.24, 2.45) is 5.92 Å². The number of hydrogen-bond donors (Lipinski definition) is 1. The third-order valence-electron chi connectivity index (χ3n) is 2.52. The topological polar surface area (TPSA) is 72.2 Å². The maximum absolute atomic E-state index is 11.9. The van der Waals surface area contributed by atoms with Crippen molar-refractivity contribution in [2.45, 2.75) is 33.2 Å². The lowest BCUT2D eigenvalue weighted by atomic mass is 10.0. The standard InChI is InChI=1S/C13H18N2O3/c1-9(2)7-10(3)14-13(16)11-5-4-6-12(8-11)15(17)18/h4-6,8-10H,7H2,1-3H3,(H,14,16)/t10-/m0/s1. The lowest BCUT2D eigenvalue weighted by Gasteiger charge is -2.15. The minimum Gasteiger partial charge on any atom is -0.350 e. The Morgan fingerprint density at radius 1 is 1.39 bits per heavy atom. The average Bonchev–Trinajstić information content (AvgIpc) is 2.27. The van der Waals surface area contributed by atoms with Gasteiger partial charge in [-0.1, -0.05) is 19.9 Å². The molecule has 1 aromatic carbocycles. The van der Waals surface area contributed by atoms with E-state index in [0.29, 0.717) is 11.5 Å². The fourth-order valence-electron chi connectivity index (χ4n) is 1.83. The fraction of sp³-hybridized carbons (Fsp3) is 0.462. The number of non-ortho nitro benzene ring substituents is 1. The van der Waals surface area contributed by atoms with Gasteiger partial charge in [0.25, 0.3) is 11.6 Å². The third-order valence-corrected chi connectivity index (χ3v) is 2.52. The molecule has 5 heteroatoms. The lowest BCUT2D eigenvalue weighted by Crippen LogP contribution is -2.33. The van der Waals surface area contributed by atoms with Crippen molar-refractivity contribution in [1.82, 2.24) is 5.32 Å². The highest BCUT2D eigenvalue weighted by Gasteiger charge is 2.14. The Bertz CT molecular complexity index is 444. The Morgan fingerprint density at radius 3 is 2.61 bits per heavy atom. The summed E-state index contributed by atoms with van der Waals surface area (Å²) >= 11 is 0. The smallest absolute Gasteiger partial charge is 0.270 e. The second-order valence-electron chi connectivity index (χ2n) is 4.81. The van der Waals surface area contributed by atoms with E-state index in [9.17, 15) is 14.9 Å². The molecule has 0 radical (unpaired) electrons. The molecule has 98 valence electrons. The number of hydrogen-bond acceptors (Lipinski definition) is 3. The molecular weight excluding hydrogens is 232 g/mol. The number of carbonyl (C=O) groups is 1. The predicted octanol–water partition coefficient (Wildman–Crippen LogP) is 2.76. The summed E-state index contributed by atoms with van der Waals surface area (Å²) in [6, 6.07) is 5.80. The van der Waals surface area contributed by atoms with Gasteiger partial charge in [0.15, 0.2) is 0 Å². The molecule has 1 rings (SSSR count). The molecule has 0 spiro atoms. The molecule has 0 fully saturated rings. The van der Waals surface area contributed by atoms with Crippen LogP contribution in [0.4, 0.5) is 5.69 Å². The Morgan fingerprint density at radius 2 is 2.06 bits per heavy atom. The first-order chi connectivity index (χ1) is 8.40. The van der Waals surface area contributed by atoms with Crippen LogP contribution < -0.4 is 5.32 Å². The molecule has 0 aliphatic heterocycles. The first-order valence-electron chi connectivity index (χ1n) is 5.95. The number of benzene rings is 1. The summed E-state index contributed by atoms with van der Waals surface area (Å²) in [6.45, 7) is 6.08. The first-order valence-corrected chi connectivity index (χ1v) is 5.95. The zero-order valence-electron chi connectivity index (χ0n) is 10.8. The maximum Gasteiger partial charge on any atom is 0.270 e. The van der Waals surface area contributed by atoms with Crippen molar-refractivity contribution < 1.29 is 9.72 Å². The minimum atomic E-state index is -0.506. The lowest BCUT2D eigenvalue weighted by molar-refractivity contribution is -0.384. The van der Waals surface area contributed by atoms with E-state index < -0.39 is 4.92 Å². The minimum absolute atomic E-state index is 0.0526. The highest BCUT2D eigenvalue weighted by molar-refractivity contribution is 5.94. The molecule has 1 aromatic rings. The summed E-state index contributed by atoms with van der Waals surface area (Å²) in [4.78, 5) is 22.0. The van der Waals surface area contributed by atoms with E-state index in [0.717, 1.165) is 6.42 Å². The molecule has 0 saturated carbocycles. The summed E-state index contributed by atoms with van der Waals surface area (Å²) in [5.41, 5.74) is 0.249. The summed E-state index contributed by atoms with van der Waals surface area (Å²) < 4.78 is 0. The third kappa shape index (κ3) is 4.16. The van der Waals surface area contributed by atoms with Gasteiger partial charge in [0, 0.05) is 23.7 Å². The van der Waals surface area contributed by atoms with Gasteiger partial charge in [-0.25, -0.2) is 0 Å². The van der Waals surface area contributed by atoms with E-state index in [2.05, 4.69) is 19.2 Å². The van der Waals surface area contributed by atoms with E-state index >= 15 is 0 Å². The number of nitro benzene ring substituents is 1. The molecule has 0 aromatic heterocycles. The number of rotatable bonds is 5. The average molecular weight is 250 g/mol. The van der Waals surface area contributed by atoms with Crippen molar-refractivity contribution >= 4 is 11.6 Å². The molecule has 0 unspecified atom stereocenters. The van der Waals surface area contributed by atoms with Crippen molar-refractivity contribution in [3.05, 3.63) is 39.9 Å². The number of nitrogens with zero attached hydrogens (tertiary/aromatic N) is 1. The maximum atomic E-state index is 11.9. The van der Waals surface area contributed by atoms with Gasteiger partial charge in [-0.05, 0) is 25.3 Å². The van der Waals surface area contributed by atoms with Gasteiger partial charge in [-0.2, -0.15) is 0 Å². The Balaban J connectivity index is 2.72. The molecule has 0 aliphatic carbocycles. The van der Waals surface area contributed by atoms with Gasteiger partial charge >= 0.3 is 0 Å². The van der Waals surface area contributed by atoms with Crippen LogP contribution in [0.25, 0.3) is 0 Å². The molecular formula is C13H18N2O3. The van der Waals surface area contributed by atoms with E-state index in [1.54, 1.807) is 6.07 Å². The number of amides is 1. The summed E-state index contributed by atoms with van der Waals surface area (Å²) in [6.07, 6.45) is 0.876. The molecule has 1 N–H and O–H groups in total. The molecule has 0 aliphatic rings. The molecule has 5 nitrogen and oxygen atoms in total. The van der Waals surface area contributed by atoms with Gasteiger partial charge in [0.2, 0.25) is 0 Å². The van der Waals surface area contributed by atoms with Crippen molar-refractivity contribution in [3.8, 4) is 0 Å². The zero-order valence-corrected chi connectivity index (χ0v) is 10.8. The summed E-state index contributed by atoms with van der Waals surface area (Å²) in [5, 5.41) is 13.4. The zero-order chi connectivity index (χ0) is 13.7. The summed E-state index contributed by atoms with van der Waals surface area (Å²) in [5.74, 6) is 0.220. The molecule has 0 saturated heterocycles. The highest BCUT2D eigenvalue weighted by atomic mass is 16.6. The van der Waals surface area contributed by atoms with E-state index in [-0.39, 0.29) is 17.6 Å². The number of nitro groups is 1. The van der Waals surface area contributed by atoms with Gasteiger partial charge in [-0.3, -0.25) is 14.9 Å². The van der Waals surface area contributed by atoms with Gasteiger partial charge < -0.3 is 5.32 Å². The van der Waals surface area contributed by atoms with Crippen LogP contribution in [0.3, 0.4) is 0 Å². The second kappa shape index (κ2) is 6.14. The molecule has 0 bridgehead atoms. The van der Waals surface area contributed by atoms with Gasteiger partial charge in [-0.15, -0.1) is 0 Å². The van der Waals surface area contributed by atoms with Crippen LogP contribution in [0, 0.1) is 16.0 Å². The largest absolute Gasteiger partial charge is 0.350 e. The van der Waals surface area contributed by atoms with Crippen LogP contribution in [0.5, 0.6) is 0 Å². The van der Waals surface area contributed by atoms with Crippen molar-refractivity contribution in [3.63, 3.8) is 0 Å². The fourth-order valence-corrected chi connectivity index (χ4v) is 1.83. The second-order valence-corrected chi connectivity index (χ2v) is 4.81. The van der Waals surface area contributed by atoms with Crippen LogP contribution >= 0.6 is 0 Å². The molecule has 1 amide bonds. The van der Waals surface area contributed by atoms with Gasteiger partial charge in [0.05, 0.1) is 4.92 Å². The molecule has 18 heavy (non-hydrogen) atoms.